The van der Waals surface area contributed by atoms with Gasteiger partial charge in [0, 0.05) is 12.0 Å². The molecule has 2 aromatic carbocycles. The summed E-state index contributed by atoms with van der Waals surface area (Å²) < 4.78 is 15.9. The Balaban J connectivity index is 1.93. The maximum atomic E-state index is 12.0. The van der Waals surface area contributed by atoms with Gasteiger partial charge in [0.25, 0.3) is 0 Å². The number of ether oxygens (including phenoxy) is 3. The number of rotatable bonds is 10. The zero-order valence-electron chi connectivity index (χ0n) is 16.8. The van der Waals surface area contributed by atoms with Crippen LogP contribution in [0.15, 0.2) is 48.5 Å². The molecule has 0 aromatic heterocycles. The Hall–Kier alpha value is -2.82. The van der Waals surface area contributed by atoms with Crippen LogP contribution < -0.4 is 4.74 Å². The second-order valence-corrected chi connectivity index (χ2v) is 6.48. The van der Waals surface area contributed by atoms with Crippen LogP contribution in [-0.2, 0) is 20.9 Å². The van der Waals surface area contributed by atoms with Crippen molar-refractivity contribution in [1.82, 2.24) is 0 Å². The van der Waals surface area contributed by atoms with Crippen molar-refractivity contribution in [3.63, 3.8) is 0 Å². The zero-order valence-corrected chi connectivity index (χ0v) is 16.8. The Morgan fingerprint density at radius 3 is 2.29 bits per heavy atom. The van der Waals surface area contributed by atoms with Crippen molar-refractivity contribution in [1.29, 1.82) is 0 Å². The topological polar surface area (TPSA) is 61.8 Å². The first-order valence-corrected chi connectivity index (χ1v) is 9.68. The van der Waals surface area contributed by atoms with E-state index in [1.165, 1.54) is 0 Å². The number of carbonyl (C=O) groups excluding carboxylic acids is 2. The molecule has 0 saturated heterocycles. The molecule has 0 fully saturated rings. The minimum atomic E-state index is -0.340. The molecule has 0 aliphatic heterocycles. The molecule has 5 heteroatoms. The normalized spacial score (nSPS) is 11.5. The molecule has 150 valence electrons. The van der Waals surface area contributed by atoms with Crippen LogP contribution in [0, 0.1) is 0 Å². The van der Waals surface area contributed by atoms with Crippen LogP contribution in [0.4, 0.5) is 0 Å². The molecule has 0 aliphatic rings. The molecule has 5 nitrogen and oxygen atoms in total. The summed E-state index contributed by atoms with van der Waals surface area (Å²) in [4.78, 5) is 23.5. The van der Waals surface area contributed by atoms with Crippen molar-refractivity contribution in [2.75, 3.05) is 13.2 Å². The molecule has 0 N–H and O–H groups in total. The van der Waals surface area contributed by atoms with Gasteiger partial charge >= 0.3 is 11.9 Å². The predicted octanol–water partition coefficient (Wildman–Crippen LogP) is 4.89. The quantitative estimate of drug-likeness (QED) is 0.546. The van der Waals surface area contributed by atoms with Crippen LogP contribution in [0.5, 0.6) is 5.75 Å². The van der Waals surface area contributed by atoms with Gasteiger partial charge in [-0.05, 0) is 49.9 Å². The Morgan fingerprint density at radius 2 is 1.61 bits per heavy atom. The van der Waals surface area contributed by atoms with Gasteiger partial charge in [0.2, 0.25) is 0 Å². The molecule has 0 heterocycles. The summed E-state index contributed by atoms with van der Waals surface area (Å²) in [7, 11) is 0. The van der Waals surface area contributed by atoms with Crippen LogP contribution in [0.1, 0.15) is 61.0 Å². The SMILES string of the molecule is CCOC(=O)CCC(C)c1ccc(OCc2ccccc2C(=O)OCC)cc1. The molecular weight excluding hydrogens is 356 g/mol. The molecule has 0 spiro atoms. The summed E-state index contributed by atoms with van der Waals surface area (Å²) in [5.41, 5.74) is 2.45. The van der Waals surface area contributed by atoms with Crippen LogP contribution in [0.2, 0.25) is 0 Å². The van der Waals surface area contributed by atoms with E-state index < -0.39 is 0 Å². The van der Waals surface area contributed by atoms with Crippen molar-refractivity contribution < 1.29 is 23.8 Å². The van der Waals surface area contributed by atoms with E-state index in [1.54, 1.807) is 13.0 Å². The van der Waals surface area contributed by atoms with Gasteiger partial charge in [-0.3, -0.25) is 4.79 Å². The zero-order chi connectivity index (χ0) is 20.4. The van der Waals surface area contributed by atoms with E-state index in [9.17, 15) is 9.59 Å². The van der Waals surface area contributed by atoms with E-state index >= 15 is 0 Å². The average molecular weight is 384 g/mol. The van der Waals surface area contributed by atoms with E-state index in [0.29, 0.717) is 25.2 Å². The van der Waals surface area contributed by atoms with E-state index in [2.05, 4.69) is 6.92 Å². The number of hydrogen-bond donors (Lipinski definition) is 0. The Morgan fingerprint density at radius 1 is 0.929 bits per heavy atom. The summed E-state index contributed by atoms with van der Waals surface area (Å²) in [6, 6.07) is 15.1. The van der Waals surface area contributed by atoms with Crippen molar-refractivity contribution in [3.8, 4) is 5.75 Å². The molecule has 0 bridgehead atoms. The average Bonchev–Trinajstić information content (AvgIpc) is 2.71. The van der Waals surface area contributed by atoms with E-state index in [-0.39, 0.29) is 24.5 Å². The second-order valence-electron chi connectivity index (χ2n) is 6.48. The molecule has 28 heavy (non-hydrogen) atoms. The Labute approximate surface area is 166 Å². The predicted molar refractivity (Wildman–Crippen MR) is 107 cm³/mol. The van der Waals surface area contributed by atoms with Gasteiger partial charge in [0.05, 0.1) is 18.8 Å². The molecule has 1 unspecified atom stereocenters. The summed E-state index contributed by atoms with van der Waals surface area (Å²) in [6.45, 7) is 6.72. The monoisotopic (exact) mass is 384 g/mol. The molecule has 0 amide bonds. The van der Waals surface area contributed by atoms with Crippen LogP contribution in [0.3, 0.4) is 0 Å². The minimum absolute atomic E-state index is 0.158. The van der Waals surface area contributed by atoms with Gasteiger partial charge in [-0.2, -0.15) is 0 Å². The lowest BCUT2D eigenvalue weighted by Crippen LogP contribution is -2.09. The summed E-state index contributed by atoms with van der Waals surface area (Å²) >= 11 is 0. The number of hydrogen-bond acceptors (Lipinski definition) is 5. The van der Waals surface area contributed by atoms with Gasteiger partial charge in [-0.25, -0.2) is 4.79 Å². The first-order valence-electron chi connectivity index (χ1n) is 9.68. The highest BCUT2D eigenvalue weighted by atomic mass is 16.5. The highest BCUT2D eigenvalue weighted by Crippen LogP contribution is 2.24. The first kappa shape index (κ1) is 21.5. The lowest BCUT2D eigenvalue weighted by molar-refractivity contribution is -0.143. The van der Waals surface area contributed by atoms with Crippen molar-refractivity contribution >= 4 is 11.9 Å². The fourth-order valence-corrected chi connectivity index (χ4v) is 2.84. The molecule has 1 atom stereocenters. The lowest BCUT2D eigenvalue weighted by atomic mass is 9.96. The van der Waals surface area contributed by atoms with E-state index in [1.807, 2.05) is 49.4 Å². The van der Waals surface area contributed by atoms with Crippen molar-refractivity contribution in [3.05, 3.63) is 65.2 Å². The molecule has 0 radical (unpaired) electrons. The lowest BCUT2D eigenvalue weighted by Gasteiger charge is -2.13. The van der Waals surface area contributed by atoms with Gasteiger partial charge in [0.1, 0.15) is 12.4 Å². The summed E-state index contributed by atoms with van der Waals surface area (Å²) in [5, 5.41) is 0. The number of carbonyl (C=O) groups is 2. The third kappa shape index (κ3) is 6.41. The fourth-order valence-electron chi connectivity index (χ4n) is 2.84. The Kier molecular flexibility index (Phi) is 8.53. The van der Waals surface area contributed by atoms with Crippen LogP contribution in [0.25, 0.3) is 0 Å². The van der Waals surface area contributed by atoms with Crippen molar-refractivity contribution in [2.45, 2.75) is 46.1 Å². The standard InChI is InChI=1S/C23H28O5/c1-4-26-22(24)15-10-17(3)18-11-13-20(14-12-18)28-16-19-8-6-7-9-21(19)23(25)27-5-2/h6-9,11-14,17H,4-5,10,15-16H2,1-3H3. The van der Waals surface area contributed by atoms with Gasteiger partial charge in [-0.1, -0.05) is 37.3 Å². The third-order valence-corrected chi connectivity index (χ3v) is 4.44. The molecule has 0 saturated carbocycles. The Bertz CT molecular complexity index is 767. The van der Waals surface area contributed by atoms with Gasteiger partial charge < -0.3 is 14.2 Å². The smallest absolute Gasteiger partial charge is 0.338 e. The first-order chi connectivity index (χ1) is 13.5. The van der Waals surface area contributed by atoms with Gasteiger partial charge in [-0.15, -0.1) is 0 Å². The van der Waals surface area contributed by atoms with Crippen LogP contribution >= 0.6 is 0 Å². The number of esters is 2. The second kappa shape index (κ2) is 11.1. The highest BCUT2D eigenvalue weighted by molar-refractivity contribution is 5.91. The van der Waals surface area contributed by atoms with E-state index in [0.717, 1.165) is 23.3 Å². The largest absolute Gasteiger partial charge is 0.489 e. The maximum absolute atomic E-state index is 12.0. The number of benzene rings is 2. The fraction of sp³-hybridized carbons (Fsp3) is 0.391. The minimum Gasteiger partial charge on any atom is -0.489 e. The summed E-state index contributed by atoms with van der Waals surface area (Å²) in [6.07, 6.45) is 1.16. The molecule has 2 aromatic rings. The maximum Gasteiger partial charge on any atom is 0.338 e. The molecule has 0 aliphatic carbocycles. The highest BCUT2D eigenvalue weighted by Gasteiger charge is 2.13. The third-order valence-electron chi connectivity index (χ3n) is 4.44. The van der Waals surface area contributed by atoms with E-state index in [4.69, 9.17) is 14.2 Å². The van der Waals surface area contributed by atoms with Crippen LogP contribution in [-0.4, -0.2) is 25.2 Å². The van der Waals surface area contributed by atoms with Crippen molar-refractivity contribution in [2.24, 2.45) is 0 Å². The molecular formula is C23H28O5. The van der Waals surface area contributed by atoms with Gasteiger partial charge in [0.15, 0.2) is 0 Å². The molecule has 2 rings (SSSR count). The summed E-state index contributed by atoms with van der Waals surface area (Å²) in [5.74, 6) is 0.477.